The second kappa shape index (κ2) is 6.78. The van der Waals surface area contributed by atoms with Gasteiger partial charge in [-0.3, -0.25) is 4.79 Å². The number of rotatable bonds is 3. The molecule has 1 saturated heterocycles. The average molecular weight is 348 g/mol. The summed E-state index contributed by atoms with van der Waals surface area (Å²) in [5.74, 6) is -0.417. The monoisotopic (exact) mass is 348 g/mol. The van der Waals surface area contributed by atoms with Crippen LogP contribution < -0.4 is 10.2 Å². The van der Waals surface area contributed by atoms with Crippen molar-refractivity contribution in [2.45, 2.75) is 25.9 Å². The molecule has 0 saturated carbocycles. The van der Waals surface area contributed by atoms with E-state index >= 15 is 0 Å². The maximum atomic E-state index is 13.1. The van der Waals surface area contributed by atoms with Crippen molar-refractivity contribution in [1.29, 1.82) is 0 Å². The first-order valence-electron chi connectivity index (χ1n) is 8.19. The van der Waals surface area contributed by atoms with Gasteiger partial charge in [-0.05, 0) is 50.1 Å². The number of aryl methyl sites for hydroxylation is 1. The van der Waals surface area contributed by atoms with E-state index in [-0.39, 0.29) is 5.69 Å². The van der Waals surface area contributed by atoms with Crippen LogP contribution in [0.2, 0.25) is 0 Å². The fourth-order valence-corrected chi connectivity index (χ4v) is 2.95. The molecule has 0 unspecified atom stereocenters. The van der Waals surface area contributed by atoms with Crippen molar-refractivity contribution in [2.24, 2.45) is 0 Å². The molecule has 2 aromatic carbocycles. The molecule has 0 spiro atoms. The van der Waals surface area contributed by atoms with Crippen LogP contribution in [0, 0.1) is 6.92 Å². The molecule has 2 aromatic rings. The molecule has 132 valence electrons. The van der Waals surface area contributed by atoms with Crippen molar-refractivity contribution in [3.8, 4) is 0 Å². The highest BCUT2D eigenvalue weighted by molar-refractivity contribution is 6.06. The summed E-state index contributed by atoms with van der Waals surface area (Å²) < 4.78 is 39.2. The molecule has 1 amide bonds. The summed E-state index contributed by atoms with van der Waals surface area (Å²) in [6.45, 7) is 3.46. The Morgan fingerprint density at radius 2 is 1.68 bits per heavy atom. The normalized spacial score (nSPS) is 14.6. The van der Waals surface area contributed by atoms with E-state index in [9.17, 15) is 18.0 Å². The number of anilines is 2. The number of carbonyl (C=O) groups is 1. The van der Waals surface area contributed by atoms with Gasteiger partial charge in [0, 0.05) is 18.7 Å². The number of hydrogen-bond acceptors (Lipinski definition) is 2. The molecule has 0 bridgehead atoms. The minimum Gasteiger partial charge on any atom is -0.370 e. The van der Waals surface area contributed by atoms with Gasteiger partial charge in [0.05, 0.1) is 16.9 Å². The zero-order valence-corrected chi connectivity index (χ0v) is 13.9. The Hall–Kier alpha value is -2.50. The van der Waals surface area contributed by atoms with Gasteiger partial charge in [0.15, 0.2) is 0 Å². The molecule has 0 atom stereocenters. The molecule has 1 heterocycles. The Morgan fingerprint density at radius 3 is 2.28 bits per heavy atom. The molecule has 0 aromatic heterocycles. The van der Waals surface area contributed by atoms with E-state index in [2.05, 4.69) is 5.32 Å². The molecule has 1 N–H and O–H groups in total. The van der Waals surface area contributed by atoms with Crippen LogP contribution in [0.1, 0.15) is 34.3 Å². The minimum absolute atomic E-state index is 0.197. The van der Waals surface area contributed by atoms with Crippen molar-refractivity contribution >= 4 is 17.3 Å². The van der Waals surface area contributed by atoms with Gasteiger partial charge in [0.25, 0.3) is 5.91 Å². The first-order chi connectivity index (χ1) is 11.8. The number of benzene rings is 2. The summed E-state index contributed by atoms with van der Waals surface area (Å²) in [4.78, 5) is 14.4. The van der Waals surface area contributed by atoms with Gasteiger partial charge in [0.1, 0.15) is 0 Å². The topological polar surface area (TPSA) is 32.3 Å². The molecule has 0 radical (unpaired) electrons. The Morgan fingerprint density at radius 1 is 1.04 bits per heavy atom. The molecule has 1 aliphatic heterocycles. The van der Waals surface area contributed by atoms with Crippen molar-refractivity contribution in [3.05, 3.63) is 59.2 Å². The summed E-state index contributed by atoms with van der Waals surface area (Å²) in [6, 6.07) is 10.4. The Bertz CT molecular complexity index is 763. The Labute approximate surface area is 144 Å². The maximum absolute atomic E-state index is 13.1. The number of halogens is 3. The Balaban J connectivity index is 1.93. The molecule has 6 heteroatoms. The lowest BCUT2D eigenvalue weighted by Crippen LogP contribution is -2.22. The van der Waals surface area contributed by atoms with Crippen LogP contribution in [0.4, 0.5) is 24.5 Å². The number of hydrogen-bond donors (Lipinski definition) is 1. The average Bonchev–Trinajstić information content (AvgIpc) is 3.08. The van der Waals surface area contributed by atoms with Crippen molar-refractivity contribution in [2.75, 3.05) is 23.3 Å². The van der Waals surface area contributed by atoms with Crippen LogP contribution in [0.5, 0.6) is 0 Å². The fourth-order valence-electron chi connectivity index (χ4n) is 2.95. The van der Waals surface area contributed by atoms with Gasteiger partial charge in [-0.25, -0.2) is 0 Å². The van der Waals surface area contributed by atoms with E-state index in [0.29, 0.717) is 11.3 Å². The summed E-state index contributed by atoms with van der Waals surface area (Å²) in [5.41, 5.74) is 1.48. The minimum atomic E-state index is -4.45. The van der Waals surface area contributed by atoms with Gasteiger partial charge in [0.2, 0.25) is 0 Å². The summed E-state index contributed by atoms with van der Waals surface area (Å²) in [5, 5.41) is 2.66. The largest absolute Gasteiger partial charge is 0.416 e. The third-order valence-corrected chi connectivity index (χ3v) is 4.33. The highest BCUT2D eigenvalue weighted by Crippen LogP contribution is 2.36. The first-order valence-corrected chi connectivity index (χ1v) is 8.19. The quantitative estimate of drug-likeness (QED) is 0.858. The van der Waals surface area contributed by atoms with E-state index in [1.807, 2.05) is 11.8 Å². The molecular formula is C19H19F3N2O. The van der Waals surface area contributed by atoms with Crippen molar-refractivity contribution in [1.82, 2.24) is 0 Å². The van der Waals surface area contributed by atoms with Crippen molar-refractivity contribution < 1.29 is 18.0 Å². The van der Waals surface area contributed by atoms with E-state index in [1.54, 1.807) is 24.3 Å². The second-order valence-electron chi connectivity index (χ2n) is 6.24. The third kappa shape index (κ3) is 3.95. The molecule has 1 aliphatic rings. The summed E-state index contributed by atoms with van der Waals surface area (Å²) in [6.07, 6.45) is -2.47. The second-order valence-corrected chi connectivity index (χ2v) is 6.24. The third-order valence-electron chi connectivity index (χ3n) is 4.33. The van der Waals surface area contributed by atoms with E-state index < -0.39 is 17.6 Å². The van der Waals surface area contributed by atoms with Gasteiger partial charge in [-0.15, -0.1) is 0 Å². The lowest BCUT2D eigenvalue weighted by molar-refractivity contribution is -0.137. The van der Waals surface area contributed by atoms with E-state index in [1.165, 1.54) is 6.07 Å². The fraction of sp³-hybridized carbons (Fsp3) is 0.316. The van der Waals surface area contributed by atoms with Gasteiger partial charge < -0.3 is 10.2 Å². The lowest BCUT2D eigenvalue weighted by atomic mass is 10.1. The zero-order chi connectivity index (χ0) is 18.0. The number of nitrogens with zero attached hydrogens (tertiary/aromatic N) is 1. The molecule has 25 heavy (non-hydrogen) atoms. The number of alkyl halides is 3. The molecule has 3 rings (SSSR count). The molecule has 0 aliphatic carbocycles. The predicted molar refractivity (Wildman–Crippen MR) is 92.0 cm³/mol. The van der Waals surface area contributed by atoms with Crippen LogP contribution in [0.15, 0.2) is 42.5 Å². The molecule has 3 nitrogen and oxygen atoms in total. The standard InChI is InChI=1S/C19H19F3N2O/c1-13-4-6-14(7-5-13)18(25)23-16-12-15(19(20,21)22)8-9-17(16)24-10-2-3-11-24/h4-9,12H,2-3,10-11H2,1H3,(H,23,25). The number of carbonyl (C=O) groups excluding carboxylic acids is 1. The SMILES string of the molecule is Cc1ccc(C(=O)Nc2cc(C(F)(F)F)ccc2N2CCCC2)cc1. The summed E-state index contributed by atoms with van der Waals surface area (Å²) >= 11 is 0. The van der Waals surface area contributed by atoms with Crippen LogP contribution >= 0.6 is 0 Å². The van der Waals surface area contributed by atoms with Crippen LogP contribution in [-0.2, 0) is 6.18 Å². The molecular weight excluding hydrogens is 329 g/mol. The van der Waals surface area contributed by atoms with Crippen molar-refractivity contribution in [3.63, 3.8) is 0 Å². The van der Waals surface area contributed by atoms with Gasteiger partial charge in [-0.1, -0.05) is 17.7 Å². The van der Waals surface area contributed by atoms with Gasteiger partial charge >= 0.3 is 6.18 Å². The lowest BCUT2D eigenvalue weighted by Gasteiger charge is -2.23. The van der Waals surface area contributed by atoms with E-state index in [0.717, 1.165) is 43.6 Å². The number of amides is 1. The van der Waals surface area contributed by atoms with Crippen LogP contribution in [-0.4, -0.2) is 19.0 Å². The first kappa shape index (κ1) is 17.3. The smallest absolute Gasteiger partial charge is 0.370 e. The highest BCUT2D eigenvalue weighted by atomic mass is 19.4. The highest BCUT2D eigenvalue weighted by Gasteiger charge is 2.32. The van der Waals surface area contributed by atoms with Crippen LogP contribution in [0.3, 0.4) is 0 Å². The Kier molecular flexibility index (Phi) is 4.70. The predicted octanol–water partition coefficient (Wildman–Crippen LogP) is 4.87. The van der Waals surface area contributed by atoms with Gasteiger partial charge in [-0.2, -0.15) is 13.2 Å². The molecule has 1 fully saturated rings. The maximum Gasteiger partial charge on any atom is 0.416 e. The number of nitrogens with one attached hydrogen (secondary N) is 1. The summed E-state index contributed by atoms with van der Waals surface area (Å²) in [7, 11) is 0. The zero-order valence-electron chi connectivity index (χ0n) is 13.9. The van der Waals surface area contributed by atoms with E-state index in [4.69, 9.17) is 0 Å². The van der Waals surface area contributed by atoms with Crippen LogP contribution in [0.25, 0.3) is 0 Å².